The van der Waals surface area contributed by atoms with Crippen LogP contribution in [0.5, 0.6) is 0 Å². The SMILES string of the molecule is Cc1ccc(S(=O)(=O)Nc2ccccc2F)cc1C(=O)NCCc1c[nH]c2ccccc12. The van der Waals surface area contributed by atoms with E-state index in [9.17, 15) is 17.6 Å². The zero-order valence-electron chi connectivity index (χ0n) is 17.4. The van der Waals surface area contributed by atoms with Crippen molar-refractivity contribution in [3.8, 4) is 0 Å². The average Bonchev–Trinajstić information content (AvgIpc) is 3.18. The lowest BCUT2D eigenvalue weighted by molar-refractivity contribution is 0.0953. The van der Waals surface area contributed by atoms with Gasteiger partial charge >= 0.3 is 0 Å². The minimum absolute atomic E-state index is 0.117. The Bertz CT molecular complexity index is 1400. The first kappa shape index (κ1) is 21.6. The molecule has 0 unspecified atom stereocenters. The molecule has 0 spiro atoms. The topological polar surface area (TPSA) is 91.1 Å². The van der Waals surface area contributed by atoms with Gasteiger partial charge in [0.1, 0.15) is 5.82 Å². The van der Waals surface area contributed by atoms with Gasteiger partial charge in [0.05, 0.1) is 10.6 Å². The monoisotopic (exact) mass is 451 g/mol. The molecule has 0 aliphatic carbocycles. The van der Waals surface area contributed by atoms with Gasteiger partial charge < -0.3 is 10.3 Å². The fourth-order valence-corrected chi connectivity index (χ4v) is 4.60. The number of anilines is 1. The molecule has 8 heteroatoms. The molecule has 0 fully saturated rings. The maximum absolute atomic E-state index is 13.9. The fourth-order valence-electron chi connectivity index (χ4n) is 3.50. The summed E-state index contributed by atoms with van der Waals surface area (Å²) in [5, 5.41) is 3.95. The molecule has 0 radical (unpaired) electrons. The first-order valence-corrected chi connectivity index (χ1v) is 11.5. The van der Waals surface area contributed by atoms with E-state index < -0.39 is 15.8 Å². The number of nitrogens with one attached hydrogen (secondary N) is 3. The molecule has 4 aromatic rings. The summed E-state index contributed by atoms with van der Waals surface area (Å²) in [6.45, 7) is 2.12. The molecule has 0 saturated heterocycles. The zero-order valence-corrected chi connectivity index (χ0v) is 18.2. The molecule has 0 bridgehead atoms. The van der Waals surface area contributed by atoms with Crippen molar-refractivity contribution in [2.24, 2.45) is 0 Å². The number of hydrogen-bond donors (Lipinski definition) is 3. The largest absolute Gasteiger partial charge is 0.361 e. The Morgan fingerprint density at radius 1 is 1.03 bits per heavy atom. The third kappa shape index (κ3) is 4.50. The summed E-state index contributed by atoms with van der Waals surface area (Å²) >= 11 is 0. The molecule has 3 aromatic carbocycles. The number of fused-ring (bicyclic) bond motifs is 1. The molecular formula is C24H22FN3O3S. The summed E-state index contributed by atoms with van der Waals surface area (Å²) in [6, 6.07) is 17.7. The Hall–Kier alpha value is -3.65. The van der Waals surface area contributed by atoms with Gasteiger partial charge in [0.15, 0.2) is 0 Å². The Balaban J connectivity index is 1.48. The number of hydrogen-bond acceptors (Lipinski definition) is 3. The van der Waals surface area contributed by atoms with Gasteiger partial charge in [-0.3, -0.25) is 9.52 Å². The van der Waals surface area contributed by atoms with Gasteiger partial charge in [0.2, 0.25) is 0 Å². The quantitative estimate of drug-likeness (QED) is 0.389. The van der Waals surface area contributed by atoms with Crippen LogP contribution in [0.1, 0.15) is 21.5 Å². The first-order valence-electron chi connectivity index (χ1n) is 10.1. The molecule has 6 nitrogen and oxygen atoms in total. The summed E-state index contributed by atoms with van der Waals surface area (Å²) in [5.41, 5.74) is 2.85. The van der Waals surface area contributed by atoms with Gasteiger partial charge in [-0.05, 0) is 54.8 Å². The first-order chi connectivity index (χ1) is 15.3. The molecule has 3 N–H and O–H groups in total. The number of rotatable bonds is 7. The normalized spacial score (nSPS) is 11.4. The molecule has 0 atom stereocenters. The molecule has 32 heavy (non-hydrogen) atoms. The van der Waals surface area contributed by atoms with E-state index >= 15 is 0 Å². The van der Waals surface area contributed by atoms with Gasteiger partial charge in [-0.15, -0.1) is 0 Å². The second kappa shape index (κ2) is 8.84. The molecule has 0 saturated carbocycles. The number of aryl methyl sites for hydroxylation is 1. The van der Waals surface area contributed by atoms with Gasteiger partial charge in [-0.2, -0.15) is 0 Å². The second-order valence-corrected chi connectivity index (χ2v) is 9.11. The van der Waals surface area contributed by atoms with E-state index in [1.54, 1.807) is 13.0 Å². The summed E-state index contributed by atoms with van der Waals surface area (Å²) in [5.74, 6) is -1.05. The summed E-state index contributed by atoms with van der Waals surface area (Å²) in [6.07, 6.45) is 2.55. The van der Waals surface area contributed by atoms with Crippen LogP contribution in [-0.2, 0) is 16.4 Å². The smallest absolute Gasteiger partial charge is 0.262 e. The number of halogens is 1. The van der Waals surface area contributed by atoms with Gasteiger partial charge in [0.25, 0.3) is 15.9 Å². The minimum atomic E-state index is -4.06. The van der Waals surface area contributed by atoms with Gasteiger partial charge in [-0.25, -0.2) is 12.8 Å². The van der Waals surface area contributed by atoms with Crippen LogP contribution in [0.4, 0.5) is 10.1 Å². The van der Waals surface area contributed by atoms with E-state index in [1.165, 1.54) is 36.4 Å². The molecule has 1 aromatic heterocycles. The summed E-state index contributed by atoms with van der Waals surface area (Å²) < 4.78 is 41.5. The van der Waals surface area contributed by atoms with Crippen molar-refractivity contribution in [1.82, 2.24) is 10.3 Å². The summed E-state index contributed by atoms with van der Waals surface area (Å²) in [4.78, 5) is 15.8. The highest BCUT2D eigenvalue weighted by molar-refractivity contribution is 7.92. The predicted molar refractivity (Wildman–Crippen MR) is 123 cm³/mol. The summed E-state index contributed by atoms with van der Waals surface area (Å²) in [7, 11) is -4.06. The van der Waals surface area contributed by atoms with Crippen LogP contribution in [0.3, 0.4) is 0 Å². The molecule has 164 valence electrons. The Labute approximate surface area is 185 Å². The molecule has 4 rings (SSSR count). The Kier molecular flexibility index (Phi) is 5.96. The van der Waals surface area contributed by atoms with E-state index in [2.05, 4.69) is 15.0 Å². The molecular weight excluding hydrogens is 429 g/mol. The third-order valence-electron chi connectivity index (χ3n) is 5.24. The van der Waals surface area contributed by atoms with Crippen molar-refractivity contribution in [2.75, 3.05) is 11.3 Å². The number of amides is 1. The van der Waals surface area contributed by atoms with E-state index in [0.717, 1.165) is 16.5 Å². The number of benzene rings is 3. The highest BCUT2D eigenvalue weighted by Gasteiger charge is 2.19. The van der Waals surface area contributed by atoms with Crippen LogP contribution in [0, 0.1) is 12.7 Å². The number of para-hydroxylation sites is 2. The van der Waals surface area contributed by atoms with Crippen LogP contribution in [0.15, 0.2) is 77.8 Å². The number of H-pyrrole nitrogens is 1. The van der Waals surface area contributed by atoms with Gasteiger partial charge in [0, 0.05) is 29.2 Å². The highest BCUT2D eigenvalue weighted by atomic mass is 32.2. The van der Waals surface area contributed by atoms with Crippen LogP contribution in [0.25, 0.3) is 10.9 Å². The number of aromatic amines is 1. The van der Waals surface area contributed by atoms with Crippen molar-refractivity contribution in [1.29, 1.82) is 0 Å². The van der Waals surface area contributed by atoms with Crippen molar-refractivity contribution < 1.29 is 17.6 Å². The second-order valence-electron chi connectivity index (χ2n) is 7.43. The van der Waals surface area contributed by atoms with E-state index in [1.807, 2.05) is 30.5 Å². The third-order valence-corrected chi connectivity index (χ3v) is 6.60. The minimum Gasteiger partial charge on any atom is -0.361 e. The van der Waals surface area contributed by atoms with Crippen LogP contribution >= 0.6 is 0 Å². The van der Waals surface area contributed by atoms with E-state index in [0.29, 0.717) is 18.5 Å². The van der Waals surface area contributed by atoms with Crippen molar-refractivity contribution >= 4 is 32.5 Å². The molecule has 1 heterocycles. The number of carbonyl (C=O) groups excluding carboxylic acids is 1. The maximum atomic E-state index is 13.9. The zero-order chi connectivity index (χ0) is 22.7. The molecule has 0 aliphatic rings. The van der Waals surface area contributed by atoms with Gasteiger partial charge in [-0.1, -0.05) is 36.4 Å². The average molecular weight is 452 g/mol. The Morgan fingerprint density at radius 2 is 1.78 bits per heavy atom. The van der Waals surface area contributed by atoms with Crippen LogP contribution in [0.2, 0.25) is 0 Å². The lowest BCUT2D eigenvalue weighted by Crippen LogP contribution is -2.26. The van der Waals surface area contributed by atoms with Crippen molar-refractivity contribution in [3.05, 3.63) is 95.4 Å². The number of carbonyl (C=O) groups is 1. The standard InChI is InChI=1S/C24H22FN3O3S/c1-16-10-11-18(32(30,31)28-23-9-5-3-7-21(23)25)14-20(16)24(29)26-13-12-17-15-27-22-8-4-2-6-19(17)22/h2-11,14-15,27-28H,12-13H2,1H3,(H,26,29). The van der Waals surface area contributed by atoms with Crippen LogP contribution in [-0.4, -0.2) is 25.9 Å². The van der Waals surface area contributed by atoms with E-state index in [4.69, 9.17) is 0 Å². The maximum Gasteiger partial charge on any atom is 0.262 e. The van der Waals surface area contributed by atoms with E-state index in [-0.39, 0.29) is 22.1 Å². The van der Waals surface area contributed by atoms with Crippen molar-refractivity contribution in [3.63, 3.8) is 0 Å². The fraction of sp³-hybridized carbons (Fsp3) is 0.125. The lowest BCUT2D eigenvalue weighted by atomic mass is 10.1. The lowest BCUT2D eigenvalue weighted by Gasteiger charge is -2.12. The molecule has 0 aliphatic heterocycles. The Morgan fingerprint density at radius 3 is 2.59 bits per heavy atom. The predicted octanol–water partition coefficient (Wildman–Crippen LogP) is 4.39. The van der Waals surface area contributed by atoms with Crippen LogP contribution < -0.4 is 10.0 Å². The van der Waals surface area contributed by atoms with Crippen molar-refractivity contribution in [2.45, 2.75) is 18.2 Å². The highest BCUT2D eigenvalue weighted by Crippen LogP contribution is 2.21. The number of sulfonamides is 1. The molecule has 1 amide bonds. The number of aromatic nitrogens is 1.